The van der Waals surface area contributed by atoms with Crippen LogP contribution in [0.4, 0.5) is 13.2 Å². The molecule has 0 aliphatic carbocycles. The van der Waals surface area contributed by atoms with Gasteiger partial charge in [0.15, 0.2) is 0 Å². The second-order valence-corrected chi connectivity index (χ2v) is 3.35. The maximum absolute atomic E-state index is 12.2. The summed E-state index contributed by atoms with van der Waals surface area (Å²) in [6.45, 7) is 3.89. The van der Waals surface area contributed by atoms with E-state index >= 15 is 0 Å². The van der Waals surface area contributed by atoms with Crippen LogP contribution in [0.25, 0.3) is 0 Å². The Morgan fingerprint density at radius 3 is 2.20 bits per heavy atom. The number of likely N-dealkylation sites (N-methyl/N-ethyl adjacent to an activating group) is 2. The lowest BCUT2D eigenvalue weighted by Crippen LogP contribution is -2.41. The maximum Gasteiger partial charge on any atom is 0.401 e. The van der Waals surface area contributed by atoms with Crippen molar-refractivity contribution in [2.24, 2.45) is 0 Å². The highest BCUT2D eigenvalue weighted by molar-refractivity contribution is 4.65. The van der Waals surface area contributed by atoms with Crippen molar-refractivity contribution in [3.8, 4) is 0 Å². The number of nitrogens with zero attached hydrogens (tertiary/aromatic N) is 1. The van der Waals surface area contributed by atoms with Crippen LogP contribution in [-0.4, -0.2) is 57.4 Å². The zero-order valence-electron chi connectivity index (χ0n) is 9.32. The van der Waals surface area contributed by atoms with E-state index in [4.69, 9.17) is 0 Å². The zero-order chi connectivity index (χ0) is 11.7. The Bertz CT molecular complexity index is 150. The highest BCUT2D eigenvalue weighted by atomic mass is 19.4. The van der Waals surface area contributed by atoms with E-state index < -0.39 is 12.7 Å². The third-order valence-electron chi connectivity index (χ3n) is 1.94. The Labute approximate surface area is 89.0 Å². The molecule has 2 N–H and O–H groups in total. The van der Waals surface area contributed by atoms with Gasteiger partial charge >= 0.3 is 6.18 Å². The maximum atomic E-state index is 12.2. The van der Waals surface area contributed by atoms with E-state index in [1.54, 1.807) is 7.05 Å². The SMILES string of the molecule is CCNCCN(CCNC)CC(F)(F)F. The van der Waals surface area contributed by atoms with Crippen molar-refractivity contribution in [3.05, 3.63) is 0 Å². The predicted molar refractivity (Wildman–Crippen MR) is 55.0 cm³/mol. The van der Waals surface area contributed by atoms with Gasteiger partial charge in [0, 0.05) is 26.2 Å². The number of hydrogen-bond donors (Lipinski definition) is 2. The standard InChI is InChI=1S/C9H20F3N3/c1-3-14-5-7-15(6-4-13-2)8-9(10,11)12/h13-14H,3-8H2,1-2H3. The van der Waals surface area contributed by atoms with Gasteiger partial charge in [-0.3, -0.25) is 4.90 Å². The molecule has 0 heterocycles. The van der Waals surface area contributed by atoms with Crippen molar-refractivity contribution in [2.45, 2.75) is 13.1 Å². The molecule has 0 saturated heterocycles. The van der Waals surface area contributed by atoms with Gasteiger partial charge in [-0.25, -0.2) is 0 Å². The van der Waals surface area contributed by atoms with Crippen LogP contribution in [0.2, 0.25) is 0 Å². The van der Waals surface area contributed by atoms with Crippen LogP contribution in [0, 0.1) is 0 Å². The summed E-state index contributed by atoms with van der Waals surface area (Å²) < 4.78 is 36.5. The van der Waals surface area contributed by atoms with Gasteiger partial charge in [-0.1, -0.05) is 6.92 Å². The van der Waals surface area contributed by atoms with E-state index in [1.165, 1.54) is 4.90 Å². The zero-order valence-corrected chi connectivity index (χ0v) is 9.32. The molecule has 0 rings (SSSR count). The topological polar surface area (TPSA) is 27.3 Å². The Morgan fingerprint density at radius 2 is 1.73 bits per heavy atom. The Kier molecular flexibility index (Phi) is 7.72. The average molecular weight is 227 g/mol. The molecule has 0 atom stereocenters. The van der Waals surface area contributed by atoms with Crippen LogP contribution < -0.4 is 10.6 Å². The van der Waals surface area contributed by atoms with Crippen LogP contribution in [0.15, 0.2) is 0 Å². The predicted octanol–water partition coefficient (Wildman–Crippen LogP) is 0.680. The first kappa shape index (κ1) is 14.7. The van der Waals surface area contributed by atoms with Gasteiger partial charge in [-0.15, -0.1) is 0 Å². The number of nitrogens with one attached hydrogen (secondary N) is 2. The second-order valence-electron chi connectivity index (χ2n) is 3.35. The summed E-state index contributed by atoms with van der Waals surface area (Å²) in [4.78, 5) is 1.40. The third-order valence-corrected chi connectivity index (χ3v) is 1.94. The molecule has 0 aromatic rings. The Morgan fingerprint density at radius 1 is 1.13 bits per heavy atom. The Balaban J connectivity index is 3.84. The molecule has 0 amide bonds. The van der Waals surface area contributed by atoms with Gasteiger partial charge in [0.2, 0.25) is 0 Å². The van der Waals surface area contributed by atoms with Gasteiger partial charge < -0.3 is 10.6 Å². The Hall–Kier alpha value is -0.330. The molecule has 0 aromatic heterocycles. The molecule has 0 radical (unpaired) electrons. The van der Waals surface area contributed by atoms with Crippen molar-refractivity contribution in [3.63, 3.8) is 0 Å². The smallest absolute Gasteiger partial charge is 0.318 e. The first-order chi connectivity index (χ1) is 6.99. The van der Waals surface area contributed by atoms with E-state index in [9.17, 15) is 13.2 Å². The molecule has 3 nitrogen and oxygen atoms in total. The fraction of sp³-hybridized carbons (Fsp3) is 1.00. The minimum atomic E-state index is -4.11. The molecule has 6 heteroatoms. The van der Waals surface area contributed by atoms with Crippen molar-refractivity contribution >= 4 is 0 Å². The van der Waals surface area contributed by atoms with E-state index in [0.717, 1.165) is 6.54 Å². The van der Waals surface area contributed by atoms with Crippen LogP contribution >= 0.6 is 0 Å². The van der Waals surface area contributed by atoms with Crippen LogP contribution in [-0.2, 0) is 0 Å². The summed E-state index contributed by atoms with van der Waals surface area (Å²) in [7, 11) is 1.73. The van der Waals surface area contributed by atoms with Crippen LogP contribution in [0.3, 0.4) is 0 Å². The van der Waals surface area contributed by atoms with Gasteiger partial charge in [-0.2, -0.15) is 13.2 Å². The van der Waals surface area contributed by atoms with Crippen molar-refractivity contribution in [1.29, 1.82) is 0 Å². The van der Waals surface area contributed by atoms with E-state index in [2.05, 4.69) is 10.6 Å². The third kappa shape index (κ3) is 9.96. The molecule has 0 aliphatic rings. The molecule has 0 aromatic carbocycles. The molecular weight excluding hydrogens is 207 g/mol. The molecular formula is C9H20F3N3. The second kappa shape index (κ2) is 7.90. The highest BCUT2D eigenvalue weighted by Gasteiger charge is 2.30. The summed E-state index contributed by atoms with van der Waals surface area (Å²) in [6.07, 6.45) is -4.11. The average Bonchev–Trinajstić information content (AvgIpc) is 2.12. The van der Waals surface area contributed by atoms with Crippen molar-refractivity contribution in [1.82, 2.24) is 15.5 Å². The van der Waals surface area contributed by atoms with E-state index in [1.807, 2.05) is 6.92 Å². The van der Waals surface area contributed by atoms with Gasteiger partial charge in [-0.05, 0) is 13.6 Å². The fourth-order valence-corrected chi connectivity index (χ4v) is 1.21. The lowest BCUT2D eigenvalue weighted by molar-refractivity contribution is -0.145. The quantitative estimate of drug-likeness (QED) is 0.597. The summed E-state index contributed by atoms with van der Waals surface area (Å²) >= 11 is 0. The molecule has 0 spiro atoms. The molecule has 0 bridgehead atoms. The van der Waals surface area contributed by atoms with Gasteiger partial charge in [0.05, 0.1) is 6.54 Å². The summed E-state index contributed by atoms with van der Waals surface area (Å²) in [6, 6.07) is 0. The summed E-state index contributed by atoms with van der Waals surface area (Å²) in [5, 5.41) is 5.86. The number of hydrogen-bond acceptors (Lipinski definition) is 3. The molecule has 0 unspecified atom stereocenters. The van der Waals surface area contributed by atoms with Gasteiger partial charge in [0.1, 0.15) is 0 Å². The molecule has 92 valence electrons. The largest absolute Gasteiger partial charge is 0.401 e. The van der Waals surface area contributed by atoms with E-state index in [-0.39, 0.29) is 0 Å². The fourth-order valence-electron chi connectivity index (χ4n) is 1.21. The van der Waals surface area contributed by atoms with E-state index in [0.29, 0.717) is 26.2 Å². The molecule has 0 fully saturated rings. The first-order valence-corrected chi connectivity index (χ1v) is 5.14. The lowest BCUT2D eigenvalue weighted by Gasteiger charge is -2.23. The summed E-state index contributed by atoms with van der Waals surface area (Å²) in [5.41, 5.74) is 0. The molecule has 0 aliphatic heterocycles. The minimum Gasteiger partial charge on any atom is -0.318 e. The number of halogens is 3. The number of alkyl halides is 3. The van der Waals surface area contributed by atoms with Crippen LogP contribution in [0.1, 0.15) is 6.92 Å². The first-order valence-electron chi connectivity index (χ1n) is 5.14. The number of rotatable bonds is 8. The monoisotopic (exact) mass is 227 g/mol. The van der Waals surface area contributed by atoms with Gasteiger partial charge in [0.25, 0.3) is 0 Å². The molecule has 0 saturated carbocycles. The van der Waals surface area contributed by atoms with Crippen molar-refractivity contribution < 1.29 is 13.2 Å². The lowest BCUT2D eigenvalue weighted by atomic mass is 10.4. The molecule has 15 heavy (non-hydrogen) atoms. The minimum absolute atomic E-state index is 0.418. The van der Waals surface area contributed by atoms with Crippen LogP contribution in [0.5, 0.6) is 0 Å². The normalized spacial score (nSPS) is 12.4. The summed E-state index contributed by atoms with van der Waals surface area (Å²) in [5.74, 6) is 0. The van der Waals surface area contributed by atoms with Crippen molar-refractivity contribution in [2.75, 3.05) is 46.3 Å². The highest BCUT2D eigenvalue weighted by Crippen LogP contribution is 2.15.